The van der Waals surface area contributed by atoms with Gasteiger partial charge in [-0.25, -0.2) is 4.39 Å². The highest BCUT2D eigenvalue weighted by atomic mass is 35.5. The number of alkyl halides is 3. The van der Waals surface area contributed by atoms with Gasteiger partial charge >= 0.3 is 6.36 Å². The van der Waals surface area contributed by atoms with Crippen LogP contribution in [0, 0.1) is 5.82 Å². The molecule has 4 N–H and O–H groups in total. The van der Waals surface area contributed by atoms with Crippen molar-refractivity contribution in [3.8, 4) is 5.75 Å². The van der Waals surface area contributed by atoms with Gasteiger partial charge in [-0.15, -0.1) is 13.2 Å². The number of aliphatic hydroxyl groups is 2. The van der Waals surface area contributed by atoms with Crippen molar-refractivity contribution >= 4 is 23.4 Å². The number of aliphatic hydroxyl groups excluding tert-OH is 2. The van der Waals surface area contributed by atoms with Gasteiger partial charge in [-0.1, -0.05) is 11.6 Å². The van der Waals surface area contributed by atoms with Crippen LogP contribution >= 0.6 is 11.6 Å². The Morgan fingerprint density at radius 3 is 2.41 bits per heavy atom. The summed E-state index contributed by atoms with van der Waals surface area (Å²) in [7, 11) is 0. The Hall–Kier alpha value is -2.19. The Balaban J connectivity index is 1.11. The molecule has 6 rings (SSSR count). The molecular formula is C25H29ClF4N2O7. The van der Waals surface area contributed by atoms with Gasteiger partial charge in [0.25, 0.3) is 5.91 Å². The van der Waals surface area contributed by atoms with E-state index in [4.69, 9.17) is 21.1 Å². The molecule has 0 unspecified atom stereocenters. The molecule has 0 saturated heterocycles. The summed E-state index contributed by atoms with van der Waals surface area (Å²) in [4.78, 5) is 25.6. The molecule has 3 atom stereocenters. The van der Waals surface area contributed by atoms with Crippen LogP contribution in [0.4, 0.5) is 17.6 Å². The van der Waals surface area contributed by atoms with Gasteiger partial charge in [-0.2, -0.15) is 0 Å². The van der Waals surface area contributed by atoms with Gasteiger partial charge in [-0.3, -0.25) is 14.3 Å². The molecule has 4 aliphatic carbocycles. The number of amides is 2. The topological polar surface area (TPSA) is 126 Å². The fourth-order valence-corrected chi connectivity index (χ4v) is 6.22. The number of ether oxygens (including phenoxy) is 3. The molecule has 0 aromatic heterocycles. The highest BCUT2D eigenvalue weighted by Gasteiger charge is 2.56. The molecule has 0 spiro atoms. The van der Waals surface area contributed by atoms with Crippen LogP contribution in [-0.2, 0) is 19.1 Å². The third-order valence-corrected chi connectivity index (χ3v) is 8.60. The Morgan fingerprint density at radius 2 is 1.77 bits per heavy atom. The Kier molecular flexibility index (Phi) is 7.51. The van der Waals surface area contributed by atoms with Crippen molar-refractivity contribution in [3.63, 3.8) is 0 Å². The minimum Gasteiger partial charge on any atom is -0.480 e. The van der Waals surface area contributed by atoms with Gasteiger partial charge in [0.05, 0.1) is 35.0 Å². The normalized spacial score (nSPS) is 35.4. The molecule has 14 heteroatoms. The van der Waals surface area contributed by atoms with E-state index in [-0.39, 0.29) is 48.6 Å². The lowest BCUT2D eigenvalue weighted by Gasteiger charge is -2.56. The average molecular weight is 581 g/mol. The lowest BCUT2D eigenvalue weighted by Crippen LogP contribution is -2.71. The molecule has 4 fully saturated rings. The van der Waals surface area contributed by atoms with Crippen LogP contribution in [0.25, 0.3) is 0 Å². The number of halogens is 5. The van der Waals surface area contributed by atoms with Gasteiger partial charge in [0.2, 0.25) is 5.91 Å². The molecule has 1 aliphatic heterocycles. The lowest BCUT2D eigenvalue weighted by atomic mass is 9.59. The zero-order valence-electron chi connectivity index (χ0n) is 20.7. The molecule has 1 aromatic rings. The highest BCUT2D eigenvalue weighted by Crippen LogP contribution is 2.47. The van der Waals surface area contributed by atoms with E-state index in [9.17, 15) is 37.4 Å². The quantitative estimate of drug-likeness (QED) is 0.365. The van der Waals surface area contributed by atoms with Crippen LogP contribution in [0.1, 0.15) is 63.0 Å². The van der Waals surface area contributed by atoms with E-state index in [1.165, 1.54) is 6.07 Å². The summed E-state index contributed by atoms with van der Waals surface area (Å²) in [6.45, 7) is -0.322. The highest BCUT2D eigenvalue weighted by molar-refractivity contribution is 6.30. The van der Waals surface area contributed by atoms with Crippen molar-refractivity contribution in [1.29, 1.82) is 0 Å². The first-order chi connectivity index (χ1) is 18.3. The van der Waals surface area contributed by atoms with Crippen LogP contribution in [0.2, 0.25) is 5.02 Å². The van der Waals surface area contributed by atoms with E-state index in [1.807, 2.05) is 0 Å². The Morgan fingerprint density at radius 1 is 1.08 bits per heavy atom. The van der Waals surface area contributed by atoms with Crippen molar-refractivity contribution in [1.82, 2.24) is 10.6 Å². The van der Waals surface area contributed by atoms with Crippen LogP contribution in [-0.4, -0.2) is 70.5 Å². The minimum atomic E-state index is -4.70. The number of benzene rings is 1. The van der Waals surface area contributed by atoms with E-state index >= 15 is 0 Å². The van der Waals surface area contributed by atoms with Crippen molar-refractivity contribution in [2.24, 2.45) is 0 Å². The summed E-state index contributed by atoms with van der Waals surface area (Å²) in [5.41, 5.74) is -1.35. The molecular weight excluding hydrogens is 552 g/mol. The summed E-state index contributed by atoms with van der Waals surface area (Å²) < 4.78 is 65.6. The number of nitrogens with one attached hydrogen (secondary N) is 2. The predicted octanol–water partition coefficient (Wildman–Crippen LogP) is 2.80. The summed E-state index contributed by atoms with van der Waals surface area (Å²) in [6.07, 6.45) is -7.43. The van der Waals surface area contributed by atoms with E-state index in [1.54, 1.807) is 0 Å². The number of hydrogen-bond acceptors (Lipinski definition) is 7. The maximum absolute atomic E-state index is 13.9. The maximum Gasteiger partial charge on any atom is 0.522 e. The van der Waals surface area contributed by atoms with E-state index in [0.717, 1.165) is 6.07 Å². The summed E-state index contributed by atoms with van der Waals surface area (Å²) in [6, 6.07) is 2.29. The predicted molar refractivity (Wildman–Crippen MR) is 126 cm³/mol. The third-order valence-electron chi connectivity index (χ3n) is 8.31. The van der Waals surface area contributed by atoms with Crippen molar-refractivity contribution in [2.75, 3.05) is 6.61 Å². The molecule has 1 aromatic carbocycles. The standard InChI is InChI=1S/C25H29ClF4N2O7/c26-15-7-14-17(33)9-19(38-18(14)8-16(15)27)22(36)32-24-3-1-23(2-4-24,10-20(24)34)31-21(35)11-37-12-5-13(6-12)39-25(28,29)30/h7-8,12-13,17,19-20,33-34H,1-6,9-11H2,(H,31,35)(H,32,36)/t12?,13?,17-,19-,20+,23?,24?/m1/s1. The maximum atomic E-state index is 13.9. The number of fused-ring (bicyclic) bond motifs is 4. The Labute approximate surface area is 226 Å². The number of hydrogen-bond donors (Lipinski definition) is 4. The van der Waals surface area contributed by atoms with Crippen LogP contribution < -0.4 is 15.4 Å². The van der Waals surface area contributed by atoms with Crippen LogP contribution in [0.3, 0.4) is 0 Å². The van der Waals surface area contributed by atoms with Gasteiger partial charge in [0, 0.05) is 36.4 Å². The fourth-order valence-electron chi connectivity index (χ4n) is 6.05. The van der Waals surface area contributed by atoms with Crippen molar-refractivity contribution in [2.45, 2.75) is 99.3 Å². The van der Waals surface area contributed by atoms with Gasteiger partial charge in [-0.05, 0) is 38.2 Å². The summed E-state index contributed by atoms with van der Waals surface area (Å²) in [5, 5.41) is 27.1. The van der Waals surface area contributed by atoms with E-state index < -0.39 is 65.6 Å². The zero-order chi connectivity index (χ0) is 28.2. The second-order valence-corrected chi connectivity index (χ2v) is 11.4. The second-order valence-electron chi connectivity index (χ2n) is 10.9. The Bertz CT molecular complexity index is 1120. The second kappa shape index (κ2) is 10.3. The van der Waals surface area contributed by atoms with Gasteiger partial charge < -0.3 is 30.3 Å². The molecule has 4 saturated carbocycles. The first kappa shape index (κ1) is 28.3. The summed E-state index contributed by atoms with van der Waals surface area (Å²) >= 11 is 5.78. The van der Waals surface area contributed by atoms with Crippen LogP contribution in [0.15, 0.2) is 12.1 Å². The SMILES string of the molecule is O=C(COC1CC(OC(F)(F)F)C1)NC12CCC(NC(=O)[C@H]3C[C@@H](O)c4cc(Cl)c(F)cc4O3)(CC1)[C@@H](O)C2. The molecule has 5 aliphatic rings. The molecule has 9 nitrogen and oxygen atoms in total. The van der Waals surface area contributed by atoms with E-state index in [0.29, 0.717) is 25.7 Å². The van der Waals surface area contributed by atoms with Gasteiger partial charge in [0.15, 0.2) is 6.10 Å². The van der Waals surface area contributed by atoms with E-state index in [2.05, 4.69) is 15.4 Å². The smallest absolute Gasteiger partial charge is 0.480 e. The fraction of sp³-hybridized carbons (Fsp3) is 0.680. The van der Waals surface area contributed by atoms with Crippen molar-refractivity contribution < 1.29 is 51.6 Å². The number of rotatable bonds is 7. The van der Waals surface area contributed by atoms with Gasteiger partial charge in [0.1, 0.15) is 18.2 Å². The first-order valence-corrected chi connectivity index (χ1v) is 13.2. The third kappa shape index (κ3) is 5.97. The zero-order valence-corrected chi connectivity index (χ0v) is 21.5. The first-order valence-electron chi connectivity index (χ1n) is 12.8. The largest absolute Gasteiger partial charge is 0.522 e. The molecule has 39 heavy (non-hydrogen) atoms. The minimum absolute atomic E-state index is 0.0235. The van der Waals surface area contributed by atoms with Crippen LogP contribution in [0.5, 0.6) is 5.75 Å². The van der Waals surface area contributed by atoms with Crippen molar-refractivity contribution in [3.05, 3.63) is 28.5 Å². The molecule has 216 valence electrons. The average Bonchev–Trinajstić information content (AvgIpc) is 2.82. The lowest BCUT2D eigenvalue weighted by molar-refractivity contribution is -0.357. The molecule has 2 bridgehead atoms. The monoisotopic (exact) mass is 580 g/mol. The molecule has 0 radical (unpaired) electrons. The number of carbonyl (C=O) groups excluding carboxylic acids is 2. The molecule has 2 amide bonds. The summed E-state index contributed by atoms with van der Waals surface area (Å²) in [5.74, 6) is -1.70. The molecule has 1 heterocycles. The number of carbonyl (C=O) groups is 2.